The quantitative estimate of drug-likeness (QED) is 0.620. The van der Waals surface area contributed by atoms with E-state index in [4.69, 9.17) is 5.11 Å². The van der Waals surface area contributed by atoms with Gasteiger partial charge in [0.25, 0.3) is 0 Å². The number of aliphatic carboxylic acids is 1. The molecular weight excluding hydrogens is 166 g/mol. The Hall–Kier alpha value is -0.830. The summed E-state index contributed by atoms with van der Waals surface area (Å²) in [5.41, 5.74) is 1.28. The van der Waals surface area contributed by atoms with Gasteiger partial charge in [-0.2, -0.15) is 0 Å². The van der Waals surface area contributed by atoms with Crippen LogP contribution in [0.25, 0.3) is 0 Å². The second-order valence-corrected chi connectivity index (χ2v) is 3.52. The Labute approximate surface area is 79.8 Å². The van der Waals surface area contributed by atoms with E-state index in [9.17, 15) is 4.79 Å². The molecule has 0 fully saturated rings. The fourth-order valence-corrected chi connectivity index (χ4v) is 0.906. The van der Waals surface area contributed by atoms with Crippen LogP contribution in [0.2, 0.25) is 0 Å². The standard InChI is InChI=1S/C10H19NO2/c1-8(2)6-7-11-9(3)4-5-10(12)13/h6,9,11H,4-5,7H2,1-3H3,(H,12,13). The van der Waals surface area contributed by atoms with E-state index in [0.29, 0.717) is 6.42 Å². The summed E-state index contributed by atoms with van der Waals surface area (Å²) >= 11 is 0. The van der Waals surface area contributed by atoms with Crippen molar-refractivity contribution >= 4 is 5.97 Å². The van der Waals surface area contributed by atoms with Crippen molar-refractivity contribution in [3.8, 4) is 0 Å². The van der Waals surface area contributed by atoms with Crippen LogP contribution >= 0.6 is 0 Å². The van der Waals surface area contributed by atoms with E-state index in [1.807, 2.05) is 20.8 Å². The molecule has 0 aliphatic rings. The lowest BCUT2D eigenvalue weighted by atomic mass is 10.2. The second-order valence-electron chi connectivity index (χ2n) is 3.52. The summed E-state index contributed by atoms with van der Waals surface area (Å²) in [6.07, 6.45) is 3.02. The number of carboxylic acids is 1. The first kappa shape index (κ1) is 12.2. The molecule has 0 aromatic rings. The molecule has 0 amide bonds. The van der Waals surface area contributed by atoms with Gasteiger partial charge in [-0.25, -0.2) is 0 Å². The van der Waals surface area contributed by atoms with E-state index < -0.39 is 5.97 Å². The molecule has 0 saturated carbocycles. The first-order chi connectivity index (χ1) is 6.02. The minimum absolute atomic E-state index is 0.239. The number of carboxylic acid groups (broad SMARTS) is 1. The van der Waals surface area contributed by atoms with E-state index >= 15 is 0 Å². The first-order valence-electron chi connectivity index (χ1n) is 4.61. The lowest BCUT2D eigenvalue weighted by Crippen LogP contribution is -2.26. The van der Waals surface area contributed by atoms with Gasteiger partial charge < -0.3 is 10.4 Å². The number of hydrogen-bond acceptors (Lipinski definition) is 2. The highest BCUT2D eigenvalue weighted by atomic mass is 16.4. The van der Waals surface area contributed by atoms with E-state index in [0.717, 1.165) is 6.54 Å². The van der Waals surface area contributed by atoms with Crippen molar-refractivity contribution in [2.45, 2.75) is 39.7 Å². The molecule has 1 atom stereocenters. The highest BCUT2D eigenvalue weighted by molar-refractivity contribution is 5.66. The van der Waals surface area contributed by atoms with Crippen LogP contribution in [0.15, 0.2) is 11.6 Å². The van der Waals surface area contributed by atoms with Crippen molar-refractivity contribution in [3.63, 3.8) is 0 Å². The first-order valence-corrected chi connectivity index (χ1v) is 4.61. The van der Waals surface area contributed by atoms with Gasteiger partial charge in [0, 0.05) is 19.0 Å². The molecule has 0 heterocycles. The largest absolute Gasteiger partial charge is 0.481 e. The average Bonchev–Trinajstić information content (AvgIpc) is 2.00. The molecule has 3 heteroatoms. The summed E-state index contributed by atoms with van der Waals surface area (Å²) in [5.74, 6) is -0.726. The molecule has 0 aromatic carbocycles. The monoisotopic (exact) mass is 185 g/mol. The highest BCUT2D eigenvalue weighted by Crippen LogP contribution is 1.96. The summed E-state index contributed by atoms with van der Waals surface area (Å²) in [7, 11) is 0. The highest BCUT2D eigenvalue weighted by Gasteiger charge is 2.02. The van der Waals surface area contributed by atoms with Crippen LogP contribution in [-0.2, 0) is 4.79 Å². The number of rotatable bonds is 6. The molecule has 76 valence electrons. The Morgan fingerprint density at radius 1 is 1.54 bits per heavy atom. The topological polar surface area (TPSA) is 49.3 Å². The summed E-state index contributed by atoms with van der Waals surface area (Å²) < 4.78 is 0. The van der Waals surface area contributed by atoms with Crippen LogP contribution in [-0.4, -0.2) is 23.7 Å². The predicted molar refractivity (Wildman–Crippen MR) is 53.8 cm³/mol. The van der Waals surface area contributed by atoms with Crippen molar-refractivity contribution in [3.05, 3.63) is 11.6 Å². The Morgan fingerprint density at radius 2 is 2.15 bits per heavy atom. The zero-order valence-electron chi connectivity index (χ0n) is 8.63. The lowest BCUT2D eigenvalue weighted by Gasteiger charge is -2.10. The Bertz CT molecular complexity index is 183. The van der Waals surface area contributed by atoms with Gasteiger partial charge in [-0.15, -0.1) is 0 Å². The van der Waals surface area contributed by atoms with Crippen LogP contribution in [0, 0.1) is 0 Å². The van der Waals surface area contributed by atoms with Gasteiger partial charge in [-0.05, 0) is 27.2 Å². The average molecular weight is 185 g/mol. The Kier molecular flexibility index (Phi) is 6.24. The predicted octanol–water partition coefficient (Wildman–Crippen LogP) is 1.80. The second kappa shape index (κ2) is 6.66. The number of allylic oxidation sites excluding steroid dienone is 1. The Balaban J connectivity index is 3.46. The third kappa shape index (κ3) is 9.08. The molecular formula is C10H19NO2. The van der Waals surface area contributed by atoms with Crippen LogP contribution in [0.5, 0.6) is 0 Å². The van der Waals surface area contributed by atoms with Gasteiger partial charge in [-0.3, -0.25) is 4.79 Å². The maximum Gasteiger partial charge on any atom is 0.303 e. The van der Waals surface area contributed by atoms with Gasteiger partial charge in [0.1, 0.15) is 0 Å². The molecule has 0 aliphatic carbocycles. The van der Waals surface area contributed by atoms with Crippen molar-refractivity contribution in [2.24, 2.45) is 0 Å². The maximum absolute atomic E-state index is 10.2. The third-order valence-electron chi connectivity index (χ3n) is 1.77. The lowest BCUT2D eigenvalue weighted by molar-refractivity contribution is -0.137. The Morgan fingerprint density at radius 3 is 2.62 bits per heavy atom. The van der Waals surface area contributed by atoms with Crippen LogP contribution in [0.1, 0.15) is 33.6 Å². The van der Waals surface area contributed by atoms with Crippen LogP contribution < -0.4 is 5.32 Å². The summed E-state index contributed by atoms with van der Waals surface area (Å²) in [6.45, 7) is 6.91. The zero-order chi connectivity index (χ0) is 10.3. The van der Waals surface area contributed by atoms with Crippen molar-refractivity contribution in [1.82, 2.24) is 5.32 Å². The maximum atomic E-state index is 10.2. The minimum atomic E-state index is -0.726. The molecule has 0 aliphatic heterocycles. The number of nitrogens with one attached hydrogen (secondary N) is 1. The van der Waals surface area contributed by atoms with Gasteiger partial charge in [0.05, 0.1) is 0 Å². The molecule has 0 saturated heterocycles. The van der Waals surface area contributed by atoms with Crippen molar-refractivity contribution in [1.29, 1.82) is 0 Å². The van der Waals surface area contributed by atoms with Crippen LogP contribution in [0.3, 0.4) is 0 Å². The van der Waals surface area contributed by atoms with E-state index in [-0.39, 0.29) is 12.5 Å². The van der Waals surface area contributed by atoms with E-state index in [1.165, 1.54) is 5.57 Å². The molecule has 2 N–H and O–H groups in total. The van der Waals surface area contributed by atoms with Gasteiger partial charge in [-0.1, -0.05) is 11.6 Å². The van der Waals surface area contributed by atoms with E-state index in [1.54, 1.807) is 0 Å². The fourth-order valence-electron chi connectivity index (χ4n) is 0.906. The summed E-state index contributed by atoms with van der Waals surface area (Å²) in [4.78, 5) is 10.2. The number of carbonyl (C=O) groups is 1. The molecule has 0 aromatic heterocycles. The molecule has 0 spiro atoms. The molecule has 1 unspecified atom stereocenters. The van der Waals surface area contributed by atoms with Gasteiger partial charge >= 0.3 is 5.97 Å². The third-order valence-corrected chi connectivity index (χ3v) is 1.77. The van der Waals surface area contributed by atoms with Crippen molar-refractivity contribution in [2.75, 3.05) is 6.54 Å². The molecule has 13 heavy (non-hydrogen) atoms. The smallest absolute Gasteiger partial charge is 0.303 e. The van der Waals surface area contributed by atoms with Crippen molar-refractivity contribution < 1.29 is 9.90 Å². The summed E-state index contributed by atoms with van der Waals surface area (Å²) in [5, 5.41) is 11.7. The number of hydrogen-bond donors (Lipinski definition) is 2. The van der Waals surface area contributed by atoms with Crippen LogP contribution in [0.4, 0.5) is 0 Å². The fraction of sp³-hybridized carbons (Fsp3) is 0.700. The summed E-state index contributed by atoms with van der Waals surface area (Å²) in [6, 6.07) is 0.270. The van der Waals surface area contributed by atoms with Gasteiger partial charge in [0.2, 0.25) is 0 Å². The molecule has 0 rings (SSSR count). The van der Waals surface area contributed by atoms with E-state index in [2.05, 4.69) is 11.4 Å². The SMILES string of the molecule is CC(C)=CCNC(C)CCC(=O)O. The molecule has 0 bridgehead atoms. The minimum Gasteiger partial charge on any atom is -0.481 e. The molecule has 0 radical (unpaired) electrons. The normalized spacial score (nSPS) is 12.2. The molecule has 3 nitrogen and oxygen atoms in total. The van der Waals surface area contributed by atoms with Gasteiger partial charge in [0.15, 0.2) is 0 Å². The zero-order valence-corrected chi connectivity index (χ0v) is 8.63.